The molecule has 0 radical (unpaired) electrons. The molecule has 0 saturated carbocycles. The van der Waals surface area contributed by atoms with E-state index in [2.05, 4.69) is 0 Å². The molecule has 0 aromatic rings. The number of hydrogen-bond donors (Lipinski definition) is 1. The second-order valence-corrected chi connectivity index (χ2v) is 8.50. The van der Waals surface area contributed by atoms with Crippen molar-refractivity contribution < 1.29 is 88.9 Å². The summed E-state index contributed by atoms with van der Waals surface area (Å²) < 4.78 is 235. The van der Waals surface area contributed by atoms with E-state index in [1.165, 1.54) is 0 Å². The number of halogens is 19. The van der Waals surface area contributed by atoms with Crippen LogP contribution in [0.25, 0.3) is 0 Å². The van der Waals surface area contributed by atoms with Gasteiger partial charge in [0.15, 0.2) is 0 Å². The fourth-order valence-electron chi connectivity index (χ4n) is 2.00. The van der Waals surface area contributed by atoms with Gasteiger partial charge in [-0.25, -0.2) is 13.2 Å². The highest BCUT2D eigenvalue weighted by Gasteiger charge is 2.96. The predicted molar refractivity (Wildman–Crippen MR) is 82.5 cm³/mol. The Morgan fingerprint density at radius 3 is 1.15 bits per heavy atom. The molecule has 0 rings (SSSR count). The summed E-state index contributed by atoms with van der Waals surface area (Å²) in [5, 5.41) is 8.18. The second-order valence-electron chi connectivity index (χ2n) is 6.25. The van der Waals surface area contributed by atoms with Gasteiger partial charge in [0.05, 0.1) is 6.42 Å². The molecular weight excluding hydrogens is 657 g/mol. The van der Waals surface area contributed by atoms with Crippen LogP contribution in [0.15, 0.2) is 0 Å². The maximum Gasteiger partial charge on any atom is 0.460 e. The van der Waals surface area contributed by atoms with Gasteiger partial charge in [0.1, 0.15) is 0 Å². The van der Waals surface area contributed by atoms with E-state index in [0.29, 0.717) is 0 Å². The van der Waals surface area contributed by atoms with Gasteiger partial charge in [-0.1, -0.05) is 25.2 Å². The molecule has 34 heavy (non-hydrogen) atoms. The van der Waals surface area contributed by atoms with E-state index in [-0.39, 0.29) is 0 Å². The van der Waals surface area contributed by atoms with Gasteiger partial charge >= 0.3 is 47.7 Å². The average Bonchev–Trinajstić information content (AvgIpc) is 2.63. The highest BCUT2D eigenvalue weighted by Crippen LogP contribution is 2.66. The summed E-state index contributed by atoms with van der Waals surface area (Å²) in [6.07, 6.45) is -12.6. The van der Waals surface area contributed by atoms with Crippen molar-refractivity contribution in [2.75, 3.05) is 0 Å². The fourth-order valence-corrected chi connectivity index (χ4v) is 3.64. The van der Waals surface area contributed by atoms with E-state index >= 15 is 0 Å². The van der Waals surface area contributed by atoms with Crippen molar-refractivity contribution in [1.29, 1.82) is 0 Å². The van der Waals surface area contributed by atoms with Crippen molar-refractivity contribution in [2.24, 2.45) is 0 Å². The molecule has 0 spiro atoms. The third kappa shape index (κ3) is 4.30. The van der Waals surface area contributed by atoms with Crippen molar-refractivity contribution in [2.45, 2.75) is 64.2 Å². The zero-order chi connectivity index (χ0) is 28.2. The van der Waals surface area contributed by atoms with Crippen LogP contribution in [0, 0.1) is 0 Å². The van der Waals surface area contributed by atoms with Crippen LogP contribution in [0.4, 0.5) is 79.0 Å². The fraction of sp³-hybridized carbons (Fsp3) is 0.846. The van der Waals surface area contributed by atoms with Gasteiger partial charge in [-0.15, -0.1) is 0 Å². The number of rotatable bonds is 11. The molecule has 0 amide bonds. The molecule has 0 aromatic heterocycles. The van der Waals surface area contributed by atoms with Crippen LogP contribution in [0.5, 0.6) is 0 Å². The Hall–Kier alpha value is -1.19. The molecule has 0 aromatic carbocycles. The van der Waals surface area contributed by atoms with Crippen LogP contribution < -0.4 is 0 Å². The zero-order valence-electron chi connectivity index (χ0n) is 15.2. The summed E-state index contributed by atoms with van der Waals surface area (Å²) in [7, 11) is 0. The minimum absolute atomic E-state index is 2.04. The summed E-state index contributed by atoms with van der Waals surface area (Å²) in [6.45, 7) is 0. The Kier molecular flexibility index (Phi) is 8.43. The van der Waals surface area contributed by atoms with Crippen LogP contribution in [0.1, 0.15) is 12.8 Å². The van der Waals surface area contributed by atoms with Crippen LogP contribution in [-0.4, -0.2) is 66.9 Å². The van der Waals surface area contributed by atoms with Gasteiger partial charge in [0.25, 0.3) is 9.60 Å². The summed E-state index contributed by atoms with van der Waals surface area (Å²) in [5.74, 6) is -59.3. The molecule has 0 fully saturated rings. The summed E-state index contributed by atoms with van der Waals surface area (Å²) in [5.41, 5.74) is 0. The molecule has 0 saturated heterocycles. The first-order chi connectivity index (χ1) is 14.5. The lowest BCUT2D eigenvalue weighted by atomic mass is 9.87. The van der Waals surface area contributed by atoms with E-state index in [4.69, 9.17) is 5.11 Å². The lowest BCUT2D eigenvalue weighted by molar-refractivity contribution is -0.457. The van der Waals surface area contributed by atoms with E-state index in [0.717, 1.165) is 0 Å². The minimum atomic E-state index is -8.78. The number of alkyl halides is 19. The average molecular weight is 664 g/mol. The van der Waals surface area contributed by atoms with Gasteiger partial charge in [0, 0.05) is 6.42 Å². The summed E-state index contributed by atoms with van der Waals surface area (Å²) in [6, 6.07) is 0. The first-order valence-corrected chi connectivity index (χ1v) is 10.1. The minimum Gasteiger partial charge on any atom is -0.481 e. The number of aliphatic carboxylic acids is 1. The van der Waals surface area contributed by atoms with E-state index in [9.17, 15) is 83.8 Å². The maximum absolute atomic E-state index is 14.4. The van der Waals surface area contributed by atoms with Crippen molar-refractivity contribution in [3.63, 3.8) is 0 Å². The summed E-state index contributed by atoms with van der Waals surface area (Å²) >= 11 is -4.16. The maximum atomic E-state index is 14.4. The molecule has 0 aliphatic rings. The van der Waals surface area contributed by atoms with Crippen molar-refractivity contribution in [3.8, 4) is 0 Å². The van der Waals surface area contributed by atoms with E-state index in [1.54, 1.807) is 0 Å². The Morgan fingerprint density at radius 2 is 0.882 bits per heavy atom. The van der Waals surface area contributed by atoms with Gasteiger partial charge < -0.3 is 5.11 Å². The lowest BCUT2D eigenvalue weighted by Gasteiger charge is -2.45. The quantitative estimate of drug-likeness (QED) is 0.148. The smallest absolute Gasteiger partial charge is 0.460 e. The molecular formula is C13H7F18IO2. The van der Waals surface area contributed by atoms with Crippen LogP contribution in [0.3, 0.4) is 0 Å². The van der Waals surface area contributed by atoms with Crippen molar-refractivity contribution >= 4 is 31.2 Å². The van der Waals surface area contributed by atoms with Gasteiger partial charge in [-0.05, 0) is 0 Å². The normalized spacial score (nSPS) is 17.5. The molecule has 21 heteroatoms. The van der Waals surface area contributed by atoms with Crippen LogP contribution >= 0.6 is 20.7 Å². The molecule has 0 aliphatic carbocycles. The summed E-state index contributed by atoms with van der Waals surface area (Å²) in [4.78, 5) is 10.2. The molecule has 0 heterocycles. The predicted octanol–water partition coefficient (Wildman–Crippen LogP) is 6.93. The Labute approximate surface area is 185 Å². The Bertz CT molecular complexity index is 787. The third-order valence-electron chi connectivity index (χ3n) is 4.02. The van der Waals surface area contributed by atoms with Crippen molar-refractivity contribution in [1.82, 2.24) is 0 Å². The Balaban J connectivity index is 6.98. The largest absolute Gasteiger partial charge is 0.481 e. The molecule has 1 unspecified atom stereocenters. The highest BCUT2D eigenvalue weighted by atomic mass is 127. The van der Waals surface area contributed by atoms with Gasteiger partial charge in [-0.3, -0.25) is 4.79 Å². The van der Waals surface area contributed by atoms with E-state index < -0.39 is 90.9 Å². The van der Waals surface area contributed by atoms with Crippen molar-refractivity contribution in [3.05, 3.63) is 0 Å². The SMILES string of the molecule is C=IC(F)(C(F)(F)CCC(=O)O)C(F)(F)C(F)(F)C(F)(F)C(F)(F)C(F)(F)C(F)(F)C(F)(F)F. The van der Waals surface area contributed by atoms with E-state index in [1.807, 2.05) is 4.51 Å². The topological polar surface area (TPSA) is 37.3 Å². The Morgan fingerprint density at radius 1 is 0.588 bits per heavy atom. The molecule has 204 valence electrons. The number of carboxylic acid groups (broad SMARTS) is 1. The molecule has 1 N–H and O–H groups in total. The van der Waals surface area contributed by atoms with Gasteiger partial charge in [0.2, 0.25) is 0 Å². The van der Waals surface area contributed by atoms with Crippen LogP contribution in [-0.2, 0) is 4.79 Å². The first kappa shape index (κ1) is 32.8. The first-order valence-electron chi connectivity index (χ1n) is 7.49. The number of carbonyl (C=O) groups is 1. The highest BCUT2D eigenvalue weighted by molar-refractivity contribution is 14.2. The molecule has 0 bridgehead atoms. The molecule has 1 atom stereocenters. The zero-order valence-corrected chi connectivity index (χ0v) is 17.3. The molecule has 0 aliphatic heterocycles. The monoisotopic (exact) mass is 664 g/mol. The molecule has 2 nitrogen and oxygen atoms in total. The van der Waals surface area contributed by atoms with Crippen LogP contribution in [0.2, 0.25) is 0 Å². The number of hydrogen-bond acceptors (Lipinski definition) is 1. The lowest BCUT2D eigenvalue weighted by Crippen LogP contribution is -2.75. The standard InChI is InChI=1S/C13H7F18IO2/c1-32-12(28,5(14,15)3-2-4(33)34)10(24,25)8(20,21)6(16,17)7(18,19)9(22,23)11(26,27)13(29,30)31/h1-3H2,(H,33,34). The van der Waals surface area contributed by atoms with Gasteiger partial charge in [-0.2, -0.15) is 65.9 Å². The second kappa shape index (κ2) is 8.73. The number of carboxylic acids is 1. The third-order valence-corrected chi connectivity index (χ3v) is 6.54.